The van der Waals surface area contributed by atoms with Gasteiger partial charge in [-0.1, -0.05) is 0 Å². The molecule has 152 valence electrons. The van der Waals surface area contributed by atoms with Gasteiger partial charge in [-0.3, -0.25) is 4.99 Å². The molecule has 29 heavy (non-hydrogen) atoms. The van der Waals surface area contributed by atoms with Gasteiger partial charge in [-0.05, 0) is 54.1 Å². The summed E-state index contributed by atoms with van der Waals surface area (Å²) in [5.41, 5.74) is 2.33. The standard InChI is InChI=1S/C20H19F2N3O3S/c1-27-11-10-23-20-25(24-12-14-2-6-16(26)7-3-14)18(13-29-20)15-4-8-17(9-5-15)28-19(21)22/h2-9,12-13,19,26H,10-11H2,1H3/b23-20?,24-12+. The first-order valence-electron chi connectivity index (χ1n) is 8.65. The maximum absolute atomic E-state index is 12.4. The van der Waals surface area contributed by atoms with Crippen LogP contribution in [0.4, 0.5) is 8.78 Å². The van der Waals surface area contributed by atoms with Gasteiger partial charge in [-0.2, -0.15) is 13.9 Å². The molecule has 0 aliphatic heterocycles. The molecule has 1 N–H and O–H groups in total. The van der Waals surface area contributed by atoms with Crippen molar-refractivity contribution < 1.29 is 23.4 Å². The zero-order valence-corrected chi connectivity index (χ0v) is 16.4. The molecule has 0 radical (unpaired) electrons. The molecule has 3 rings (SSSR count). The van der Waals surface area contributed by atoms with Crippen LogP contribution in [-0.4, -0.2) is 42.9 Å². The predicted octanol–water partition coefficient (Wildman–Crippen LogP) is 3.95. The van der Waals surface area contributed by atoms with Crippen molar-refractivity contribution in [2.45, 2.75) is 6.61 Å². The molecular weight excluding hydrogens is 400 g/mol. The summed E-state index contributed by atoms with van der Waals surface area (Å²) in [6.07, 6.45) is 1.65. The highest BCUT2D eigenvalue weighted by atomic mass is 32.1. The van der Waals surface area contributed by atoms with Gasteiger partial charge < -0.3 is 14.6 Å². The second kappa shape index (κ2) is 9.94. The summed E-state index contributed by atoms with van der Waals surface area (Å²) in [6.45, 7) is -1.91. The molecule has 0 saturated heterocycles. The lowest BCUT2D eigenvalue weighted by Crippen LogP contribution is -2.13. The third-order valence-corrected chi connectivity index (χ3v) is 4.67. The molecule has 6 nitrogen and oxygen atoms in total. The second-order valence-corrected chi connectivity index (χ2v) is 6.67. The zero-order valence-electron chi connectivity index (χ0n) is 15.5. The summed E-state index contributed by atoms with van der Waals surface area (Å²) < 4.78 is 35.8. The summed E-state index contributed by atoms with van der Waals surface area (Å²) in [6, 6.07) is 13.0. The van der Waals surface area contributed by atoms with Gasteiger partial charge in [0.05, 0.1) is 25.1 Å². The molecule has 0 spiro atoms. The fourth-order valence-electron chi connectivity index (χ4n) is 2.44. The number of phenolic OH excluding ortho intramolecular Hbond substituents is 1. The van der Waals surface area contributed by atoms with Crippen LogP contribution in [0.25, 0.3) is 11.3 Å². The molecule has 1 heterocycles. The van der Waals surface area contributed by atoms with Gasteiger partial charge in [-0.15, -0.1) is 11.3 Å². The number of hydrogen-bond acceptors (Lipinski definition) is 6. The van der Waals surface area contributed by atoms with E-state index in [0.717, 1.165) is 16.8 Å². The summed E-state index contributed by atoms with van der Waals surface area (Å²) in [5, 5.41) is 15.8. The number of aromatic nitrogens is 1. The summed E-state index contributed by atoms with van der Waals surface area (Å²) in [5.74, 6) is 0.260. The van der Waals surface area contributed by atoms with E-state index in [1.54, 1.807) is 54.4 Å². The van der Waals surface area contributed by atoms with Crippen molar-refractivity contribution in [3.63, 3.8) is 0 Å². The Kier molecular flexibility index (Phi) is 7.09. The van der Waals surface area contributed by atoms with Gasteiger partial charge in [0, 0.05) is 18.1 Å². The van der Waals surface area contributed by atoms with Crippen LogP contribution in [0.3, 0.4) is 0 Å². The Balaban J connectivity index is 1.96. The second-order valence-electron chi connectivity index (χ2n) is 5.83. The van der Waals surface area contributed by atoms with E-state index in [1.165, 1.54) is 23.5 Å². The van der Waals surface area contributed by atoms with Gasteiger partial charge in [0.25, 0.3) is 0 Å². The maximum atomic E-state index is 12.4. The van der Waals surface area contributed by atoms with Crippen molar-refractivity contribution in [2.24, 2.45) is 10.1 Å². The zero-order chi connectivity index (χ0) is 20.6. The molecule has 0 bridgehead atoms. The van der Waals surface area contributed by atoms with Crippen LogP contribution in [0.1, 0.15) is 5.56 Å². The van der Waals surface area contributed by atoms with Crippen LogP contribution in [0, 0.1) is 0 Å². The number of benzene rings is 2. The van der Waals surface area contributed by atoms with Gasteiger partial charge in [0.15, 0.2) is 0 Å². The lowest BCUT2D eigenvalue weighted by atomic mass is 10.2. The first kappa shape index (κ1) is 20.7. The topological polar surface area (TPSA) is 68.3 Å². The lowest BCUT2D eigenvalue weighted by molar-refractivity contribution is -0.0498. The van der Waals surface area contributed by atoms with E-state index in [9.17, 15) is 13.9 Å². The molecule has 0 fully saturated rings. The fraction of sp³-hybridized carbons (Fsp3) is 0.200. The minimum atomic E-state index is -2.87. The molecular formula is C20H19F2N3O3S. The van der Waals surface area contributed by atoms with Gasteiger partial charge in [0.2, 0.25) is 4.80 Å². The summed E-state index contributed by atoms with van der Waals surface area (Å²) >= 11 is 1.41. The highest BCUT2D eigenvalue weighted by molar-refractivity contribution is 7.07. The molecule has 1 aromatic heterocycles. The number of thiazole rings is 1. The van der Waals surface area contributed by atoms with E-state index in [0.29, 0.717) is 18.0 Å². The van der Waals surface area contributed by atoms with Crippen molar-refractivity contribution in [1.29, 1.82) is 0 Å². The van der Waals surface area contributed by atoms with Crippen molar-refractivity contribution >= 4 is 17.6 Å². The molecule has 0 atom stereocenters. The SMILES string of the molecule is COCCN=c1scc(-c2ccc(OC(F)F)cc2)n1/N=C/c1ccc(O)cc1. The van der Waals surface area contributed by atoms with Crippen molar-refractivity contribution in [1.82, 2.24) is 4.68 Å². The molecule has 0 amide bonds. The number of nitrogens with zero attached hydrogens (tertiary/aromatic N) is 3. The van der Waals surface area contributed by atoms with Crippen molar-refractivity contribution in [2.75, 3.05) is 20.3 Å². The monoisotopic (exact) mass is 419 g/mol. The Bertz CT molecular complexity index is 1010. The minimum absolute atomic E-state index is 0.0862. The Labute approximate surface area is 170 Å². The number of phenols is 1. The first-order chi connectivity index (χ1) is 14.1. The highest BCUT2D eigenvalue weighted by Crippen LogP contribution is 2.24. The maximum Gasteiger partial charge on any atom is 0.387 e. The van der Waals surface area contributed by atoms with E-state index in [4.69, 9.17) is 4.74 Å². The molecule has 0 aliphatic rings. The Morgan fingerprint density at radius 2 is 1.86 bits per heavy atom. The smallest absolute Gasteiger partial charge is 0.387 e. The van der Waals surface area contributed by atoms with Crippen LogP contribution in [0.15, 0.2) is 64.0 Å². The van der Waals surface area contributed by atoms with Gasteiger partial charge in [-0.25, -0.2) is 4.68 Å². The van der Waals surface area contributed by atoms with Crippen LogP contribution in [0.2, 0.25) is 0 Å². The minimum Gasteiger partial charge on any atom is -0.508 e. The van der Waals surface area contributed by atoms with Crippen molar-refractivity contribution in [3.8, 4) is 22.8 Å². The number of halogens is 2. The summed E-state index contributed by atoms with van der Waals surface area (Å²) in [7, 11) is 1.61. The molecule has 0 aliphatic carbocycles. The third kappa shape index (κ3) is 5.72. The van der Waals surface area contributed by atoms with Crippen molar-refractivity contribution in [3.05, 3.63) is 64.3 Å². The van der Waals surface area contributed by atoms with E-state index in [2.05, 4.69) is 14.8 Å². The first-order valence-corrected chi connectivity index (χ1v) is 9.53. The average Bonchev–Trinajstić information content (AvgIpc) is 3.11. The Hall–Kier alpha value is -3.04. The van der Waals surface area contributed by atoms with Crippen LogP contribution >= 0.6 is 11.3 Å². The van der Waals surface area contributed by atoms with Crippen LogP contribution in [0.5, 0.6) is 11.5 Å². The normalized spacial score (nSPS) is 12.2. The third-order valence-electron chi connectivity index (χ3n) is 3.82. The number of aromatic hydroxyl groups is 1. The Morgan fingerprint density at radius 1 is 1.14 bits per heavy atom. The Morgan fingerprint density at radius 3 is 2.52 bits per heavy atom. The number of methoxy groups -OCH3 is 1. The molecule has 9 heteroatoms. The van der Waals surface area contributed by atoms with Gasteiger partial charge in [0.1, 0.15) is 11.5 Å². The highest BCUT2D eigenvalue weighted by Gasteiger charge is 2.09. The number of alkyl halides is 2. The van der Waals surface area contributed by atoms with Crippen LogP contribution < -0.4 is 9.54 Å². The number of rotatable bonds is 8. The quantitative estimate of drug-likeness (QED) is 0.444. The number of ether oxygens (including phenoxy) is 2. The van der Waals surface area contributed by atoms with E-state index >= 15 is 0 Å². The average molecular weight is 419 g/mol. The van der Waals surface area contributed by atoms with E-state index < -0.39 is 6.61 Å². The molecule has 3 aromatic rings. The fourth-order valence-corrected chi connectivity index (χ4v) is 3.31. The summed E-state index contributed by atoms with van der Waals surface area (Å²) in [4.78, 5) is 5.17. The van der Waals surface area contributed by atoms with Crippen LogP contribution in [-0.2, 0) is 4.74 Å². The van der Waals surface area contributed by atoms with E-state index in [-0.39, 0.29) is 11.5 Å². The largest absolute Gasteiger partial charge is 0.508 e. The molecule has 0 unspecified atom stereocenters. The molecule has 2 aromatic carbocycles. The molecule has 0 saturated carbocycles. The predicted molar refractivity (Wildman–Crippen MR) is 108 cm³/mol. The number of hydrogen-bond donors (Lipinski definition) is 1. The van der Waals surface area contributed by atoms with E-state index in [1.807, 2.05) is 5.38 Å². The lowest BCUT2D eigenvalue weighted by Gasteiger charge is -2.07. The van der Waals surface area contributed by atoms with Gasteiger partial charge >= 0.3 is 6.61 Å².